The van der Waals surface area contributed by atoms with E-state index in [9.17, 15) is 4.79 Å². The van der Waals surface area contributed by atoms with Gasteiger partial charge in [0.25, 0.3) is 0 Å². The Hall–Kier alpha value is -2.04. The number of anilines is 1. The number of ether oxygens (including phenoxy) is 1. The van der Waals surface area contributed by atoms with Gasteiger partial charge >= 0.3 is 5.97 Å². The molecule has 0 aliphatic heterocycles. The maximum atomic E-state index is 10.8. The number of benzene rings is 1. The molecule has 17 heavy (non-hydrogen) atoms. The summed E-state index contributed by atoms with van der Waals surface area (Å²) in [5.74, 6) is 0.0502. The normalized spacial score (nSPS) is 10.4. The van der Waals surface area contributed by atoms with E-state index in [2.05, 4.69) is 4.98 Å². The van der Waals surface area contributed by atoms with E-state index in [1.165, 1.54) is 6.92 Å². The predicted molar refractivity (Wildman–Crippen MR) is 67.0 cm³/mol. The molecular weight excluding hydrogens is 215 g/mol. The highest BCUT2D eigenvalue weighted by molar-refractivity contribution is 6.33. The van der Waals surface area contributed by atoms with Crippen LogP contribution in [0.3, 0.4) is 0 Å². The highest BCUT2D eigenvalue weighted by atomic mass is 16.5. The van der Waals surface area contributed by atoms with Crippen molar-refractivity contribution in [2.45, 2.75) is 13.5 Å². The van der Waals surface area contributed by atoms with Crippen molar-refractivity contribution in [3.8, 4) is 0 Å². The standard InChI is InChI=1S/C12H11BN2O2/c1-7(16)17-6-8-4-12(14)15-11-5-9(13)2-3-10(8)11/h2-5H,6H2,1H3,(H2,14,15). The molecule has 2 radical (unpaired) electrons. The quantitative estimate of drug-likeness (QED) is 0.603. The number of carbonyl (C=O) groups is 1. The lowest BCUT2D eigenvalue weighted by molar-refractivity contribution is -0.142. The minimum atomic E-state index is -0.330. The molecule has 0 spiro atoms. The summed E-state index contributed by atoms with van der Waals surface area (Å²) in [5.41, 5.74) is 7.83. The fraction of sp³-hybridized carbons (Fsp3) is 0.167. The van der Waals surface area contributed by atoms with Gasteiger partial charge in [-0.25, -0.2) is 4.98 Å². The number of nitrogens with zero attached hydrogens (tertiary/aromatic N) is 1. The predicted octanol–water partition coefficient (Wildman–Crippen LogP) is 0.674. The number of hydrogen-bond donors (Lipinski definition) is 1. The number of nitrogen functional groups attached to an aromatic ring is 1. The second-order valence-electron chi connectivity index (χ2n) is 3.76. The summed E-state index contributed by atoms with van der Waals surface area (Å²) in [6, 6.07) is 7.05. The summed E-state index contributed by atoms with van der Waals surface area (Å²) in [4.78, 5) is 15.0. The molecule has 0 saturated carbocycles. The number of fused-ring (bicyclic) bond motifs is 1. The molecule has 0 saturated heterocycles. The minimum Gasteiger partial charge on any atom is -0.461 e. The zero-order chi connectivity index (χ0) is 12.4. The van der Waals surface area contributed by atoms with Crippen LogP contribution in [-0.4, -0.2) is 18.8 Å². The van der Waals surface area contributed by atoms with Crippen LogP contribution in [0.25, 0.3) is 10.9 Å². The maximum Gasteiger partial charge on any atom is 0.302 e. The monoisotopic (exact) mass is 226 g/mol. The first-order chi connectivity index (χ1) is 8.06. The van der Waals surface area contributed by atoms with Crippen LogP contribution in [0, 0.1) is 0 Å². The van der Waals surface area contributed by atoms with Crippen LogP contribution in [0.15, 0.2) is 24.3 Å². The molecule has 0 aliphatic rings. The van der Waals surface area contributed by atoms with Gasteiger partial charge < -0.3 is 10.5 Å². The smallest absolute Gasteiger partial charge is 0.302 e. The van der Waals surface area contributed by atoms with Gasteiger partial charge in [0.2, 0.25) is 0 Å². The number of esters is 1. The van der Waals surface area contributed by atoms with Gasteiger partial charge in [-0.15, -0.1) is 0 Å². The number of rotatable bonds is 2. The maximum absolute atomic E-state index is 10.8. The summed E-state index contributed by atoms with van der Waals surface area (Å²) in [7, 11) is 5.68. The number of nitrogens with two attached hydrogens (primary N) is 1. The Morgan fingerprint density at radius 1 is 1.47 bits per heavy atom. The molecular formula is C12H11BN2O2. The molecule has 0 fully saturated rings. The van der Waals surface area contributed by atoms with Crippen molar-refractivity contribution >= 4 is 36.0 Å². The lowest BCUT2D eigenvalue weighted by Crippen LogP contribution is -2.05. The van der Waals surface area contributed by atoms with Crippen LogP contribution in [0.4, 0.5) is 5.82 Å². The number of pyridine rings is 1. The minimum absolute atomic E-state index is 0.183. The van der Waals surface area contributed by atoms with Crippen molar-refractivity contribution in [3.63, 3.8) is 0 Å². The molecule has 0 aliphatic carbocycles. The third-order valence-electron chi connectivity index (χ3n) is 2.37. The van der Waals surface area contributed by atoms with Gasteiger partial charge in [-0.2, -0.15) is 0 Å². The van der Waals surface area contributed by atoms with Crippen LogP contribution in [0.2, 0.25) is 0 Å². The van der Waals surface area contributed by atoms with Gasteiger partial charge in [0.05, 0.1) is 5.52 Å². The summed E-state index contributed by atoms with van der Waals surface area (Å²) in [6.45, 7) is 1.55. The van der Waals surface area contributed by atoms with Crippen LogP contribution in [0.5, 0.6) is 0 Å². The van der Waals surface area contributed by atoms with E-state index in [1.54, 1.807) is 18.2 Å². The zero-order valence-corrected chi connectivity index (χ0v) is 9.43. The highest BCUT2D eigenvalue weighted by Gasteiger charge is 2.06. The molecule has 2 aromatic rings. The average Bonchev–Trinajstić information content (AvgIpc) is 2.24. The molecule has 84 valence electrons. The number of carbonyl (C=O) groups excluding carboxylic acids is 1. The molecule has 1 aromatic carbocycles. The summed E-state index contributed by atoms with van der Waals surface area (Å²) < 4.78 is 4.97. The Kier molecular flexibility index (Phi) is 3.00. The van der Waals surface area contributed by atoms with Crippen molar-refractivity contribution in [1.29, 1.82) is 0 Å². The van der Waals surface area contributed by atoms with Gasteiger partial charge in [0.1, 0.15) is 20.3 Å². The van der Waals surface area contributed by atoms with Gasteiger partial charge in [0, 0.05) is 17.9 Å². The molecule has 0 amide bonds. The van der Waals surface area contributed by atoms with Crippen molar-refractivity contribution in [3.05, 3.63) is 29.8 Å². The molecule has 0 atom stereocenters. The fourth-order valence-corrected chi connectivity index (χ4v) is 1.64. The van der Waals surface area contributed by atoms with Crippen molar-refractivity contribution in [2.75, 3.05) is 5.73 Å². The first kappa shape index (κ1) is 11.5. The lowest BCUT2D eigenvalue weighted by Gasteiger charge is -2.08. The van der Waals surface area contributed by atoms with Gasteiger partial charge in [0.15, 0.2) is 0 Å². The molecule has 2 rings (SSSR count). The van der Waals surface area contributed by atoms with E-state index in [-0.39, 0.29) is 12.6 Å². The van der Waals surface area contributed by atoms with E-state index in [4.69, 9.17) is 18.3 Å². The van der Waals surface area contributed by atoms with E-state index < -0.39 is 0 Å². The third kappa shape index (κ3) is 2.56. The molecule has 1 heterocycles. The first-order valence-electron chi connectivity index (χ1n) is 5.14. The van der Waals surface area contributed by atoms with Crippen molar-refractivity contribution in [1.82, 2.24) is 4.98 Å². The van der Waals surface area contributed by atoms with Gasteiger partial charge in [-0.1, -0.05) is 17.6 Å². The topological polar surface area (TPSA) is 65.2 Å². The zero-order valence-electron chi connectivity index (χ0n) is 9.43. The van der Waals surface area contributed by atoms with Crippen LogP contribution in [0.1, 0.15) is 12.5 Å². The van der Waals surface area contributed by atoms with E-state index in [0.29, 0.717) is 16.8 Å². The third-order valence-corrected chi connectivity index (χ3v) is 2.37. The summed E-state index contributed by atoms with van der Waals surface area (Å²) in [6.07, 6.45) is 0. The molecule has 2 N–H and O–H groups in total. The molecule has 0 bridgehead atoms. The SMILES string of the molecule is [B]c1ccc2c(COC(C)=O)cc(N)nc2c1. The van der Waals surface area contributed by atoms with Crippen LogP contribution >= 0.6 is 0 Å². The van der Waals surface area contributed by atoms with E-state index in [0.717, 1.165) is 10.9 Å². The van der Waals surface area contributed by atoms with Crippen LogP contribution in [-0.2, 0) is 16.1 Å². The Morgan fingerprint density at radius 3 is 2.94 bits per heavy atom. The molecule has 4 nitrogen and oxygen atoms in total. The van der Waals surface area contributed by atoms with Crippen LogP contribution < -0.4 is 11.2 Å². The molecule has 5 heteroatoms. The van der Waals surface area contributed by atoms with E-state index >= 15 is 0 Å². The Morgan fingerprint density at radius 2 is 2.24 bits per heavy atom. The second kappa shape index (κ2) is 4.45. The molecule has 0 unspecified atom stereocenters. The summed E-state index contributed by atoms with van der Waals surface area (Å²) >= 11 is 0. The fourth-order valence-electron chi connectivity index (χ4n) is 1.64. The molecule has 1 aromatic heterocycles. The second-order valence-corrected chi connectivity index (χ2v) is 3.76. The highest BCUT2D eigenvalue weighted by Crippen LogP contribution is 2.19. The summed E-state index contributed by atoms with van der Waals surface area (Å²) in [5, 5.41) is 0.884. The van der Waals surface area contributed by atoms with E-state index in [1.807, 2.05) is 6.07 Å². The Bertz CT molecular complexity index is 579. The largest absolute Gasteiger partial charge is 0.461 e. The Balaban J connectivity index is 2.50. The average molecular weight is 226 g/mol. The Labute approximate surface area is 100 Å². The van der Waals surface area contributed by atoms with Gasteiger partial charge in [-0.3, -0.25) is 4.79 Å². The van der Waals surface area contributed by atoms with Gasteiger partial charge in [-0.05, 0) is 12.1 Å². The number of aromatic nitrogens is 1. The lowest BCUT2D eigenvalue weighted by atomic mass is 9.94. The van der Waals surface area contributed by atoms with Crippen molar-refractivity contribution in [2.24, 2.45) is 0 Å². The first-order valence-corrected chi connectivity index (χ1v) is 5.14. The van der Waals surface area contributed by atoms with Crippen molar-refractivity contribution < 1.29 is 9.53 Å². The number of hydrogen-bond acceptors (Lipinski definition) is 4.